The largest absolute Gasteiger partial charge is 0.361 e. The number of carbonyl (C=O) groups is 1. The number of morpholine rings is 1. The molecular weight excluding hydrogens is 396 g/mol. The van der Waals surface area contributed by atoms with Crippen LogP contribution in [0.4, 0.5) is 0 Å². The van der Waals surface area contributed by atoms with Crippen molar-refractivity contribution in [3.63, 3.8) is 0 Å². The van der Waals surface area contributed by atoms with E-state index in [1.54, 1.807) is 23.7 Å². The third-order valence-electron chi connectivity index (χ3n) is 5.97. The highest BCUT2D eigenvalue weighted by atomic mass is 32.1. The highest BCUT2D eigenvalue weighted by Crippen LogP contribution is 2.42. The van der Waals surface area contributed by atoms with Crippen LogP contribution in [0, 0.1) is 0 Å². The average Bonchev–Trinajstić information content (AvgIpc) is 3.42. The van der Waals surface area contributed by atoms with Crippen LogP contribution in [-0.4, -0.2) is 57.5 Å². The number of pyridine rings is 2. The van der Waals surface area contributed by atoms with Crippen molar-refractivity contribution in [2.24, 2.45) is 0 Å². The third kappa shape index (κ3) is 3.64. The fourth-order valence-electron chi connectivity index (χ4n) is 4.61. The van der Waals surface area contributed by atoms with E-state index in [1.165, 1.54) is 4.88 Å². The molecule has 7 heteroatoms. The number of thiophene rings is 1. The molecular formula is C23H24N4O2S. The van der Waals surface area contributed by atoms with E-state index < -0.39 is 5.60 Å². The highest BCUT2D eigenvalue weighted by molar-refractivity contribution is 7.09. The zero-order chi connectivity index (χ0) is 20.4. The molecule has 0 saturated carbocycles. The molecule has 1 amide bonds. The van der Waals surface area contributed by atoms with E-state index in [0.29, 0.717) is 26.2 Å². The van der Waals surface area contributed by atoms with Gasteiger partial charge in [-0.3, -0.25) is 19.7 Å². The van der Waals surface area contributed by atoms with Crippen LogP contribution in [0.15, 0.2) is 66.6 Å². The summed E-state index contributed by atoms with van der Waals surface area (Å²) in [6, 6.07) is 12.1. The molecule has 1 spiro atoms. The Morgan fingerprint density at radius 1 is 1.10 bits per heavy atom. The summed E-state index contributed by atoms with van der Waals surface area (Å²) in [7, 11) is 0. The predicted molar refractivity (Wildman–Crippen MR) is 115 cm³/mol. The minimum atomic E-state index is -0.874. The lowest BCUT2D eigenvalue weighted by Gasteiger charge is -2.42. The number of aromatic nitrogens is 2. The van der Waals surface area contributed by atoms with Crippen LogP contribution in [0.3, 0.4) is 0 Å². The standard InChI is InChI=1S/C23H24N4O2S/c28-22-23(29-10-9-27(22)14-18-4-1-7-24-12-18)17-26(15-20-6-3-11-30-20)16-21(23)19-5-2-8-25-13-19/h1-8,11-13,21H,9-10,14-17H2/t21-,23+/m0/s1. The predicted octanol–water partition coefficient (Wildman–Crippen LogP) is 2.94. The molecule has 2 fully saturated rings. The number of carbonyl (C=O) groups excluding carboxylic acids is 1. The van der Waals surface area contributed by atoms with Gasteiger partial charge in [0, 0.05) is 68.3 Å². The molecule has 2 atom stereocenters. The third-order valence-corrected chi connectivity index (χ3v) is 6.84. The second-order valence-corrected chi connectivity index (χ2v) is 8.95. The van der Waals surface area contributed by atoms with Crippen LogP contribution in [0.2, 0.25) is 0 Å². The van der Waals surface area contributed by atoms with Gasteiger partial charge in [0.1, 0.15) is 0 Å². The molecule has 2 aliphatic heterocycles. The topological polar surface area (TPSA) is 58.6 Å². The Hall–Kier alpha value is -2.61. The number of amides is 1. The lowest BCUT2D eigenvalue weighted by molar-refractivity contribution is -0.173. The molecule has 2 saturated heterocycles. The Balaban J connectivity index is 1.45. The van der Waals surface area contributed by atoms with E-state index in [2.05, 4.69) is 38.4 Å². The van der Waals surface area contributed by atoms with Gasteiger partial charge in [-0.15, -0.1) is 11.3 Å². The maximum atomic E-state index is 13.8. The SMILES string of the molecule is O=C1N(Cc2cccnc2)CCO[C@@]12CN(Cc1cccs1)C[C@H]2c1cccnc1. The van der Waals surface area contributed by atoms with Crippen molar-refractivity contribution in [1.82, 2.24) is 19.8 Å². The van der Waals surface area contributed by atoms with Gasteiger partial charge >= 0.3 is 0 Å². The fourth-order valence-corrected chi connectivity index (χ4v) is 5.35. The van der Waals surface area contributed by atoms with Crippen LogP contribution < -0.4 is 0 Å². The first-order valence-electron chi connectivity index (χ1n) is 10.2. The Labute approximate surface area is 180 Å². The maximum absolute atomic E-state index is 13.8. The first-order valence-corrected chi connectivity index (χ1v) is 11.1. The van der Waals surface area contributed by atoms with E-state index in [1.807, 2.05) is 35.5 Å². The molecule has 0 aromatic carbocycles. The molecule has 0 unspecified atom stereocenters. The molecule has 30 heavy (non-hydrogen) atoms. The van der Waals surface area contributed by atoms with Crippen molar-refractivity contribution in [3.05, 3.63) is 82.6 Å². The number of likely N-dealkylation sites (tertiary alicyclic amines) is 1. The number of ether oxygens (including phenoxy) is 1. The molecule has 6 nitrogen and oxygen atoms in total. The normalized spacial score (nSPS) is 24.6. The summed E-state index contributed by atoms with van der Waals surface area (Å²) in [6.07, 6.45) is 7.22. The Bertz CT molecular complexity index is 983. The number of nitrogens with zero attached hydrogens (tertiary/aromatic N) is 4. The minimum absolute atomic E-state index is 0.0460. The average molecular weight is 421 g/mol. The van der Waals surface area contributed by atoms with Crippen molar-refractivity contribution in [2.75, 3.05) is 26.2 Å². The lowest BCUT2D eigenvalue weighted by atomic mass is 9.83. The van der Waals surface area contributed by atoms with E-state index >= 15 is 0 Å². The smallest absolute Gasteiger partial charge is 0.257 e. The van der Waals surface area contributed by atoms with Gasteiger partial charge in [0.15, 0.2) is 5.60 Å². The van der Waals surface area contributed by atoms with Crippen molar-refractivity contribution >= 4 is 17.2 Å². The molecule has 5 rings (SSSR count). The maximum Gasteiger partial charge on any atom is 0.257 e. The molecule has 154 valence electrons. The molecule has 2 aliphatic rings. The van der Waals surface area contributed by atoms with E-state index in [-0.39, 0.29) is 11.8 Å². The first-order chi connectivity index (χ1) is 14.7. The van der Waals surface area contributed by atoms with Gasteiger partial charge in [-0.1, -0.05) is 18.2 Å². The summed E-state index contributed by atoms with van der Waals surface area (Å²) in [5, 5.41) is 2.09. The quantitative estimate of drug-likeness (QED) is 0.635. The van der Waals surface area contributed by atoms with Gasteiger partial charge in [0.25, 0.3) is 5.91 Å². The Kier molecular flexibility index (Phi) is 5.33. The monoisotopic (exact) mass is 420 g/mol. The number of rotatable bonds is 5. The summed E-state index contributed by atoms with van der Waals surface area (Å²) in [6.45, 7) is 3.89. The summed E-state index contributed by atoms with van der Waals surface area (Å²) >= 11 is 1.75. The van der Waals surface area contributed by atoms with Crippen molar-refractivity contribution in [2.45, 2.75) is 24.6 Å². The van der Waals surface area contributed by atoms with Crippen molar-refractivity contribution in [1.29, 1.82) is 0 Å². The summed E-state index contributed by atoms with van der Waals surface area (Å²) in [5.41, 5.74) is 1.22. The second kappa shape index (κ2) is 8.26. The van der Waals surface area contributed by atoms with Gasteiger partial charge < -0.3 is 9.64 Å². The first kappa shape index (κ1) is 19.4. The van der Waals surface area contributed by atoms with Gasteiger partial charge in [0.05, 0.1) is 6.61 Å². The summed E-state index contributed by atoms with van der Waals surface area (Å²) < 4.78 is 6.35. The second-order valence-electron chi connectivity index (χ2n) is 7.91. The molecule has 0 bridgehead atoms. The zero-order valence-corrected chi connectivity index (χ0v) is 17.5. The molecule has 5 heterocycles. The van der Waals surface area contributed by atoms with E-state index in [4.69, 9.17) is 4.74 Å². The number of hydrogen-bond acceptors (Lipinski definition) is 6. The summed E-state index contributed by atoms with van der Waals surface area (Å²) in [5.74, 6) is 0.0236. The minimum Gasteiger partial charge on any atom is -0.361 e. The highest BCUT2D eigenvalue weighted by Gasteiger charge is 2.57. The molecule has 3 aromatic rings. The van der Waals surface area contributed by atoms with Crippen molar-refractivity contribution < 1.29 is 9.53 Å². The van der Waals surface area contributed by atoms with E-state index in [9.17, 15) is 4.79 Å². The van der Waals surface area contributed by atoms with Gasteiger partial charge in [0.2, 0.25) is 0 Å². The van der Waals surface area contributed by atoms with Crippen LogP contribution >= 0.6 is 11.3 Å². The molecule has 0 aliphatic carbocycles. The van der Waals surface area contributed by atoms with Gasteiger partial charge in [-0.25, -0.2) is 0 Å². The van der Waals surface area contributed by atoms with Crippen LogP contribution in [-0.2, 0) is 22.6 Å². The zero-order valence-electron chi connectivity index (χ0n) is 16.7. The van der Waals surface area contributed by atoms with Crippen molar-refractivity contribution in [3.8, 4) is 0 Å². The molecule has 3 aromatic heterocycles. The summed E-state index contributed by atoms with van der Waals surface area (Å²) in [4.78, 5) is 27.9. The van der Waals surface area contributed by atoms with Crippen LogP contribution in [0.25, 0.3) is 0 Å². The Morgan fingerprint density at radius 3 is 2.70 bits per heavy atom. The Morgan fingerprint density at radius 2 is 1.97 bits per heavy atom. The fraction of sp³-hybridized carbons (Fsp3) is 0.348. The molecule has 0 N–H and O–H groups in total. The van der Waals surface area contributed by atoms with Gasteiger partial charge in [-0.05, 0) is 34.7 Å². The van der Waals surface area contributed by atoms with E-state index in [0.717, 1.165) is 24.2 Å². The molecule has 0 radical (unpaired) electrons. The van der Waals surface area contributed by atoms with Crippen LogP contribution in [0.5, 0.6) is 0 Å². The number of hydrogen-bond donors (Lipinski definition) is 0. The van der Waals surface area contributed by atoms with Gasteiger partial charge in [-0.2, -0.15) is 0 Å². The van der Waals surface area contributed by atoms with Crippen LogP contribution in [0.1, 0.15) is 21.9 Å². The lowest BCUT2D eigenvalue weighted by Crippen LogP contribution is -2.59.